The van der Waals surface area contributed by atoms with Crippen molar-refractivity contribution in [2.45, 2.75) is 0 Å². The third-order valence-electron chi connectivity index (χ3n) is 4.28. The van der Waals surface area contributed by atoms with Crippen LogP contribution in [0.3, 0.4) is 0 Å². The van der Waals surface area contributed by atoms with Crippen LogP contribution in [0.15, 0.2) is 71.2 Å². The fourth-order valence-electron chi connectivity index (χ4n) is 2.77. The predicted molar refractivity (Wildman–Crippen MR) is 122 cm³/mol. The Morgan fingerprint density at radius 3 is 2.00 bits per heavy atom. The zero-order valence-electron chi connectivity index (χ0n) is 17.0. The van der Waals surface area contributed by atoms with Crippen molar-refractivity contribution >= 4 is 39.1 Å². The number of carbonyl (C=O) groups excluding carboxylic acids is 2. The van der Waals surface area contributed by atoms with Crippen molar-refractivity contribution in [3.63, 3.8) is 0 Å². The van der Waals surface area contributed by atoms with Gasteiger partial charge in [0.15, 0.2) is 6.61 Å². The minimum Gasteiger partial charge on any atom is -0.494 e. The van der Waals surface area contributed by atoms with E-state index in [0.29, 0.717) is 34.2 Å². The lowest BCUT2D eigenvalue weighted by Crippen LogP contribution is -2.21. The molecule has 8 heteroatoms. The van der Waals surface area contributed by atoms with E-state index in [-0.39, 0.29) is 18.4 Å². The molecule has 0 heterocycles. The minimum absolute atomic E-state index is 0.194. The van der Waals surface area contributed by atoms with Gasteiger partial charge in [-0.05, 0) is 40.2 Å². The summed E-state index contributed by atoms with van der Waals surface area (Å²) in [4.78, 5) is 24.9. The maximum Gasteiger partial charge on any atom is 0.262 e. The van der Waals surface area contributed by atoms with Gasteiger partial charge < -0.3 is 24.8 Å². The molecule has 0 unspecified atom stereocenters. The summed E-state index contributed by atoms with van der Waals surface area (Å²) in [6.45, 7) is -0.194. The first-order chi connectivity index (χ1) is 15.0. The van der Waals surface area contributed by atoms with Crippen molar-refractivity contribution in [1.29, 1.82) is 0 Å². The van der Waals surface area contributed by atoms with Gasteiger partial charge in [0, 0.05) is 17.7 Å². The largest absolute Gasteiger partial charge is 0.494 e. The Kier molecular flexibility index (Phi) is 7.50. The van der Waals surface area contributed by atoms with Gasteiger partial charge in [0.2, 0.25) is 0 Å². The molecular weight excluding hydrogens is 464 g/mol. The highest BCUT2D eigenvalue weighted by molar-refractivity contribution is 9.10. The molecule has 0 aromatic heterocycles. The van der Waals surface area contributed by atoms with Gasteiger partial charge >= 0.3 is 0 Å². The average Bonchev–Trinajstić information content (AvgIpc) is 2.79. The molecule has 0 aliphatic heterocycles. The summed E-state index contributed by atoms with van der Waals surface area (Å²) in [5.41, 5.74) is 1.30. The maximum absolute atomic E-state index is 12.5. The number of ether oxygens (including phenoxy) is 3. The summed E-state index contributed by atoms with van der Waals surface area (Å²) < 4.78 is 17.1. The predicted octanol–water partition coefficient (Wildman–Crippen LogP) is 4.74. The Hall–Kier alpha value is -3.52. The van der Waals surface area contributed by atoms with Crippen molar-refractivity contribution in [2.24, 2.45) is 0 Å². The molecule has 0 aliphatic carbocycles. The molecule has 0 saturated heterocycles. The van der Waals surface area contributed by atoms with Crippen LogP contribution in [-0.4, -0.2) is 32.6 Å². The molecule has 3 aromatic carbocycles. The van der Waals surface area contributed by atoms with Crippen LogP contribution in [0.4, 0.5) is 11.4 Å². The van der Waals surface area contributed by atoms with E-state index < -0.39 is 0 Å². The zero-order chi connectivity index (χ0) is 22.2. The van der Waals surface area contributed by atoms with Crippen LogP contribution in [-0.2, 0) is 4.79 Å². The summed E-state index contributed by atoms with van der Waals surface area (Å²) in [7, 11) is 2.94. The van der Waals surface area contributed by atoms with Crippen LogP contribution in [0.2, 0.25) is 0 Å². The molecule has 0 bridgehead atoms. The lowest BCUT2D eigenvalue weighted by atomic mass is 10.2. The highest BCUT2D eigenvalue weighted by Crippen LogP contribution is 2.36. The first-order valence-electron chi connectivity index (χ1n) is 9.31. The molecule has 3 rings (SSSR count). The smallest absolute Gasteiger partial charge is 0.262 e. The molecule has 0 spiro atoms. The summed E-state index contributed by atoms with van der Waals surface area (Å²) in [6, 6.07) is 19.2. The number of nitrogens with one attached hydrogen (secondary N) is 2. The molecule has 0 fully saturated rings. The quantitative estimate of drug-likeness (QED) is 0.482. The molecule has 0 saturated carbocycles. The van der Waals surface area contributed by atoms with Crippen LogP contribution in [0.1, 0.15) is 10.4 Å². The Morgan fingerprint density at radius 2 is 1.39 bits per heavy atom. The molecular formula is C23H21BrN2O5. The minimum atomic E-state index is -0.378. The SMILES string of the molecule is COc1cc(NC(=O)c2ccccc2)c(OC)cc1NC(=O)COc1ccccc1Br. The van der Waals surface area contributed by atoms with Gasteiger partial charge in [-0.3, -0.25) is 9.59 Å². The zero-order valence-corrected chi connectivity index (χ0v) is 18.6. The summed E-state index contributed by atoms with van der Waals surface area (Å²) in [6.07, 6.45) is 0. The van der Waals surface area contributed by atoms with E-state index in [1.165, 1.54) is 14.2 Å². The molecule has 31 heavy (non-hydrogen) atoms. The van der Waals surface area contributed by atoms with E-state index in [9.17, 15) is 9.59 Å². The van der Waals surface area contributed by atoms with Gasteiger partial charge in [-0.2, -0.15) is 0 Å². The van der Waals surface area contributed by atoms with Crippen molar-refractivity contribution in [3.8, 4) is 17.2 Å². The van der Waals surface area contributed by atoms with Gasteiger partial charge in [-0.25, -0.2) is 0 Å². The number of rotatable bonds is 8. The van der Waals surface area contributed by atoms with Crippen molar-refractivity contribution in [2.75, 3.05) is 31.5 Å². The highest BCUT2D eigenvalue weighted by atomic mass is 79.9. The summed E-state index contributed by atoms with van der Waals surface area (Å²) in [5, 5.41) is 5.54. The lowest BCUT2D eigenvalue weighted by Gasteiger charge is -2.16. The second-order valence-corrected chi connectivity index (χ2v) is 7.19. The van der Waals surface area contributed by atoms with Gasteiger partial charge in [-0.1, -0.05) is 30.3 Å². The third kappa shape index (κ3) is 5.76. The number of amides is 2. The molecule has 0 atom stereocenters. The van der Waals surface area contributed by atoms with Crippen molar-refractivity contribution < 1.29 is 23.8 Å². The summed E-state index contributed by atoms with van der Waals surface area (Å²) >= 11 is 3.37. The third-order valence-corrected chi connectivity index (χ3v) is 4.93. The molecule has 0 radical (unpaired) electrons. The fraction of sp³-hybridized carbons (Fsp3) is 0.130. The summed E-state index contributed by atoms with van der Waals surface area (Å²) in [5.74, 6) is 0.614. The first-order valence-corrected chi connectivity index (χ1v) is 10.1. The van der Waals surface area contributed by atoms with Crippen molar-refractivity contribution in [3.05, 3.63) is 76.8 Å². The number of hydrogen-bond donors (Lipinski definition) is 2. The van der Waals surface area contributed by atoms with Crippen LogP contribution in [0.5, 0.6) is 17.2 Å². The molecule has 3 aromatic rings. The fourth-order valence-corrected chi connectivity index (χ4v) is 3.17. The number of hydrogen-bond acceptors (Lipinski definition) is 5. The standard InChI is InChI=1S/C23H21BrN2O5/c1-29-20-13-18(26-23(28)15-8-4-3-5-9-15)21(30-2)12-17(20)25-22(27)14-31-19-11-7-6-10-16(19)24/h3-13H,14H2,1-2H3,(H,25,27)(H,26,28). The van der Waals surface area contributed by atoms with Crippen LogP contribution >= 0.6 is 15.9 Å². The monoisotopic (exact) mass is 484 g/mol. The van der Waals surface area contributed by atoms with Crippen LogP contribution in [0.25, 0.3) is 0 Å². The van der Waals surface area contributed by atoms with E-state index in [1.807, 2.05) is 24.3 Å². The molecule has 160 valence electrons. The van der Waals surface area contributed by atoms with Gasteiger partial charge in [-0.15, -0.1) is 0 Å². The molecule has 2 N–H and O–H groups in total. The number of benzene rings is 3. The van der Waals surface area contributed by atoms with Gasteiger partial charge in [0.25, 0.3) is 11.8 Å². The topological polar surface area (TPSA) is 85.9 Å². The van der Waals surface area contributed by atoms with E-state index in [1.54, 1.807) is 42.5 Å². The number of para-hydroxylation sites is 1. The Labute approximate surface area is 188 Å². The lowest BCUT2D eigenvalue weighted by molar-refractivity contribution is -0.118. The van der Waals surface area contributed by atoms with Crippen LogP contribution in [0, 0.1) is 0 Å². The van der Waals surface area contributed by atoms with E-state index in [0.717, 1.165) is 4.47 Å². The molecule has 0 aliphatic rings. The molecule has 2 amide bonds. The first kappa shape index (κ1) is 22.2. The average molecular weight is 485 g/mol. The van der Waals surface area contributed by atoms with E-state index in [4.69, 9.17) is 14.2 Å². The second-order valence-electron chi connectivity index (χ2n) is 6.34. The van der Waals surface area contributed by atoms with Crippen molar-refractivity contribution in [1.82, 2.24) is 0 Å². The van der Waals surface area contributed by atoms with E-state index >= 15 is 0 Å². The Morgan fingerprint density at radius 1 is 0.806 bits per heavy atom. The maximum atomic E-state index is 12.5. The van der Waals surface area contributed by atoms with E-state index in [2.05, 4.69) is 26.6 Å². The number of carbonyl (C=O) groups is 2. The van der Waals surface area contributed by atoms with Gasteiger partial charge in [0.1, 0.15) is 17.2 Å². The number of halogens is 1. The Balaban J connectivity index is 1.74. The number of anilines is 2. The number of methoxy groups -OCH3 is 2. The second kappa shape index (κ2) is 10.5. The normalized spacial score (nSPS) is 10.2. The molecule has 7 nitrogen and oxygen atoms in total. The van der Waals surface area contributed by atoms with Gasteiger partial charge in [0.05, 0.1) is 30.1 Å². The Bertz CT molecular complexity index is 1070. The van der Waals surface area contributed by atoms with Crippen LogP contribution < -0.4 is 24.8 Å². The highest BCUT2D eigenvalue weighted by Gasteiger charge is 2.16.